The monoisotopic (exact) mass is 433 g/mol. The molecule has 1 unspecified atom stereocenters. The van der Waals surface area contributed by atoms with E-state index in [-0.39, 0.29) is 11.1 Å². The van der Waals surface area contributed by atoms with E-state index < -0.39 is 5.82 Å². The lowest BCUT2D eigenvalue weighted by Crippen LogP contribution is -2.23. The van der Waals surface area contributed by atoms with Crippen LogP contribution in [0.3, 0.4) is 0 Å². The van der Waals surface area contributed by atoms with Crippen LogP contribution in [-0.2, 0) is 0 Å². The second-order valence-electron chi connectivity index (χ2n) is 4.73. The van der Waals surface area contributed by atoms with E-state index in [1.54, 1.807) is 6.07 Å². The summed E-state index contributed by atoms with van der Waals surface area (Å²) < 4.78 is 15.7. The van der Waals surface area contributed by atoms with Crippen LogP contribution in [0.25, 0.3) is 0 Å². The summed E-state index contributed by atoms with van der Waals surface area (Å²) in [7, 11) is 0. The van der Waals surface area contributed by atoms with E-state index in [4.69, 9.17) is 11.6 Å². The second-order valence-corrected chi connectivity index (χ2v) is 6.90. The molecule has 2 rings (SSSR count). The normalized spacial score (nSPS) is 12.4. The van der Waals surface area contributed by atoms with E-state index >= 15 is 0 Å². The van der Waals surface area contributed by atoms with Gasteiger partial charge in [0.15, 0.2) is 0 Å². The molecule has 0 heterocycles. The lowest BCUT2D eigenvalue weighted by atomic mass is 9.98. The molecular weight excluding hydrogens is 420 g/mol. The van der Waals surface area contributed by atoms with Gasteiger partial charge in [-0.05, 0) is 54.4 Å². The maximum Gasteiger partial charge on any atom is 0.142 e. The molecule has 0 radical (unpaired) electrons. The highest BCUT2D eigenvalue weighted by atomic mass is 79.9. The smallest absolute Gasteiger partial charge is 0.142 e. The standard InChI is InChI=1S/C16H15Br2ClFN/c1-2-7-21-16(10-3-6-14(19)15(20)8-10)12-9-11(17)4-5-13(12)18/h3-6,8-9,16,21H,2,7H2,1H3. The Morgan fingerprint density at radius 2 is 1.95 bits per heavy atom. The van der Waals surface area contributed by atoms with Crippen molar-refractivity contribution in [3.05, 3.63) is 67.3 Å². The Morgan fingerprint density at radius 3 is 2.62 bits per heavy atom. The van der Waals surface area contributed by atoms with E-state index in [0.29, 0.717) is 0 Å². The van der Waals surface area contributed by atoms with Crippen LogP contribution in [0, 0.1) is 5.82 Å². The largest absolute Gasteiger partial charge is 0.306 e. The summed E-state index contributed by atoms with van der Waals surface area (Å²) in [5.41, 5.74) is 1.91. The minimum absolute atomic E-state index is 0.0939. The molecule has 1 N–H and O–H groups in total. The molecule has 1 atom stereocenters. The van der Waals surface area contributed by atoms with Gasteiger partial charge >= 0.3 is 0 Å². The van der Waals surface area contributed by atoms with Gasteiger partial charge in [0.1, 0.15) is 5.82 Å². The first-order valence-corrected chi connectivity index (χ1v) is 8.62. The molecule has 5 heteroatoms. The van der Waals surface area contributed by atoms with E-state index in [1.807, 2.05) is 24.3 Å². The lowest BCUT2D eigenvalue weighted by Gasteiger charge is -2.21. The zero-order chi connectivity index (χ0) is 15.4. The summed E-state index contributed by atoms with van der Waals surface area (Å²) in [5.74, 6) is -0.399. The predicted octanol–water partition coefficient (Wildman–Crippen LogP) is 6.09. The summed E-state index contributed by atoms with van der Waals surface area (Å²) in [6, 6.07) is 10.8. The van der Waals surface area contributed by atoms with Crippen molar-refractivity contribution in [3.63, 3.8) is 0 Å². The number of benzene rings is 2. The Morgan fingerprint density at radius 1 is 1.19 bits per heavy atom. The van der Waals surface area contributed by atoms with E-state index in [2.05, 4.69) is 44.1 Å². The SMILES string of the molecule is CCCNC(c1ccc(Cl)c(F)c1)c1cc(Br)ccc1Br. The fraction of sp³-hybridized carbons (Fsp3) is 0.250. The van der Waals surface area contributed by atoms with Crippen molar-refractivity contribution in [3.8, 4) is 0 Å². The van der Waals surface area contributed by atoms with Crippen molar-refractivity contribution in [1.29, 1.82) is 0 Å². The first-order chi connectivity index (χ1) is 10.0. The molecule has 0 spiro atoms. The van der Waals surface area contributed by atoms with Crippen LogP contribution < -0.4 is 5.32 Å². The maximum absolute atomic E-state index is 13.8. The molecule has 0 saturated heterocycles. The molecule has 0 aliphatic rings. The molecule has 0 fully saturated rings. The fourth-order valence-corrected chi connectivity index (χ4v) is 3.10. The summed E-state index contributed by atoms with van der Waals surface area (Å²) in [4.78, 5) is 0. The van der Waals surface area contributed by atoms with Gasteiger partial charge in [0, 0.05) is 8.95 Å². The second kappa shape index (κ2) is 7.73. The first kappa shape index (κ1) is 16.9. The number of halogens is 4. The molecule has 0 saturated carbocycles. The van der Waals surface area contributed by atoms with Crippen molar-refractivity contribution in [2.45, 2.75) is 19.4 Å². The molecule has 0 amide bonds. The van der Waals surface area contributed by atoms with E-state index in [9.17, 15) is 4.39 Å². The Labute approximate surface area is 146 Å². The molecule has 0 aliphatic heterocycles. The molecule has 21 heavy (non-hydrogen) atoms. The van der Waals surface area contributed by atoms with Crippen LogP contribution >= 0.6 is 43.5 Å². The Balaban J connectivity index is 2.46. The number of hydrogen-bond acceptors (Lipinski definition) is 1. The predicted molar refractivity (Wildman–Crippen MR) is 93.4 cm³/mol. The van der Waals surface area contributed by atoms with Crippen LogP contribution in [-0.4, -0.2) is 6.54 Å². The van der Waals surface area contributed by atoms with Crippen LogP contribution in [0.2, 0.25) is 5.02 Å². The summed E-state index contributed by atoms with van der Waals surface area (Å²) in [6.45, 7) is 2.94. The molecule has 2 aromatic rings. The Bertz CT molecular complexity index is 634. The van der Waals surface area contributed by atoms with Gasteiger partial charge in [0.2, 0.25) is 0 Å². The van der Waals surface area contributed by atoms with E-state index in [0.717, 1.165) is 33.0 Å². The van der Waals surface area contributed by atoms with Gasteiger partial charge in [-0.2, -0.15) is 0 Å². The third kappa shape index (κ3) is 4.28. The van der Waals surface area contributed by atoms with Crippen LogP contribution in [0.1, 0.15) is 30.5 Å². The first-order valence-electron chi connectivity index (χ1n) is 6.66. The highest BCUT2D eigenvalue weighted by Gasteiger charge is 2.18. The van der Waals surface area contributed by atoms with Crippen molar-refractivity contribution in [1.82, 2.24) is 5.32 Å². The maximum atomic E-state index is 13.8. The van der Waals surface area contributed by atoms with Crippen LogP contribution in [0.15, 0.2) is 45.3 Å². The highest BCUT2D eigenvalue weighted by molar-refractivity contribution is 9.11. The summed E-state index contributed by atoms with van der Waals surface area (Å²) in [6.07, 6.45) is 0.998. The molecule has 0 aromatic heterocycles. The summed E-state index contributed by atoms with van der Waals surface area (Å²) >= 11 is 12.8. The van der Waals surface area contributed by atoms with Gasteiger partial charge in [0.25, 0.3) is 0 Å². The molecular formula is C16H15Br2ClFN. The zero-order valence-electron chi connectivity index (χ0n) is 11.5. The third-order valence-corrected chi connectivity index (χ3v) is 4.67. The molecule has 0 aliphatic carbocycles. The average molecular weight is 436 g/mol. The van der Waals surface area contributed by atoms with Crippen molar-refractivity contribution < 1.29 is 4.39 Å². The van der Waals surface area contributed by atoms with Gasteiger partial charge in [-0.1, -0.05) is 56.5 Å². The van der Waals surface area contributed by atoms with Gasteiger partial charge in [-0.15, -0.1) is 0 Å². The zero-order valence-corrected chi connectivity index (χ0v) is 15.4. The van der Waals surface area contributed by atoms with Gasteiger partial charge in [-0.3, -0.25) is 0 Å². The number of hydrogen-bond donors (Lipinski definition) is 1. The van der Waals surface area contributed by atoms with Crippen molar-refractivity contribution >= 4 is 43.5 Å². The summed E-state index contributed by atoms with van der Waals surface area (Å²) in [5, 5.41) is 3.60. The van der Waals surface area contributed by atoms with Crippen LogP contribution in [0.5, 0.6) is 0 Å². The minimum atomic E-state index is -0.399. The molecule has 0 bridgehead atoms. The molecule has 112 valence electrons. The van der Waals surface area contributed by atoms with E-state index in [1.165, 1.54) is 6.07 Å². The highest BCUT2D eigenvalue weighted by Crippen LogP contribution is 2.32. The number of nitrogens with one attached hydrogen (secondary N) is 1. The quantitative estimate of drug-likeness (QED) is 0.599. The third-order valence-electron chi connectivity index (χ3n) is 3.14. The van der Waals surface area contributed by atoms with Crippen molar-refractivity contribution in [2.75, 3.05) is 6.54 Å². The molecule has 2 aromatic carbocycles. The lowest BCUT2D eigenvalue weighted by molar-refractivity contribution is 0.584. The topological polar surface area (TPSA) is 12.0 Å². The van der Waals surface area contributed by atoms with Crippen molar-refractivity contribution in [2.24, 2.45) is 0 Å². The number of rotatable bonds is 5. The van der Waals surface area contributed by atoms with Gasteiger partial charge < -0.3 is 5.32 Å². The Kier molecular flexibility index (Phi) is 6.23. The van der Waals surface area contributed by atoms with Crippen LogP contribution in [0.4, 0.5) is 4.39 Å². The molecule has 1 nitrogen and oxygen atoms in total. The Hall–Kier alpha value is -0.420. The van der Waals surface area contributed by atoms with Gasteiger partial charge in [-0.25, -0.2) is 4.39 Å². The average Bonchev–Trinajstić information content (AvgIpc) is 2.46. The fourth-order valence-electron chi connectivity index (χ4n) is 2.12. The van der Waals surface area contributed by atoms with Gasteiger partial charge in [0.05, 0.1) is 11.1 Å². The minimum Gasteiger partial charge on any atom is -0.306 e.